The van der Waals surface area contributed by atoms with E-state index in [1.807, 2.05) is 36.0 Å². The number of aryl methyl sites for hydroxylation is 1. The monoisotopic (exact) mass is 524 g/mol. The number of nitrogens with one attached hydrogen (secondary N) is 2. The van der Waals surface area contributed by atoms with Crippen LogP contribution < -0.4 is 10.6 Å². The molecule has 2 atom stereocenters. The van der Waals surface area contributed by atoms with Crippen LogP contribution in [0.3, 0.4) is 0 Å². The lowest BCUT2D eigenvalue weighted by Crippen LogP contribution is -2.49. The van der Waals surface area contributed by atoms with Gasteiger partial charge in [0, 0.05) is 41.0 Å². The molecule has 6 rings (SSSR count). The first-order valence-corrected chi connectivity index (χ1v) is 13.6. The number of hydrogen-bond donors (Lipinski definition) is 2. The summed E-state index contributed by atoms with van der Waals surface area (Å²) in [4.78, 5) is 36.6. The van der Waals surface area contributed by atoms with Crippen LogP contribution in [0.2, 0.25) is 0 Å². The SMILES string of the molecule is Cc1cnc(Nc2cnn(C3CC4CCC(C3)N4C(=O)C3(C)CC3)c2)nc1-c1ccc(C(=O)NCC#N)cc1. The minimum Gasteiger partial charge on any atom is -0.339 e. The fourth-order valence-electron chi connectivity index (χ4n) is 5.94. The van der Waals surface area contributed by atoms with Gasteiger partial charge in [-0.25, -0.2) is 9.97 Å². The lowest BCUT2D eigenvalue weighted by Gasteiger charge is -2.40. The lowest BCUT2D eigenvalue weighted by molar-refractivity contribution is -0.141. The highest BCUT2D eigenvalue weighted by Gasteiger charge is 2.53. The average Bonchev–Trinajstić information content (AvgIpc) is 3.43. The van der Waals surface area contributed by atoms with Crippen molar-refractivity contribution in [2.45, 2.75) is 70.5 Å². The Labute approximate surface area is 227 Å². The fourth-order valence-corrected chi connectivity index (χ4v) is 5.94. The summed E-state index contributed by atoms with van der Waals surface area (Å²) in [7, 11) is 0. The number of rotatable bonds is 7. The number of amides is 2. The van der Waals surface area contributed by atoms with Crippen LogP contribution in [0.5, 0.6) is 0 Å². The Hall–Kier alpha value is -4.26. The summed E-state index contributed by atoms with van der Waals surface area (Å²) < 4.78 is 2.03. The minimum absolute atomic E-state index is 0.0310. The third-order valence-corrected chi connectivity index (χ3v) is 8.41. The van der Waals surface area contributed by atoms with Crippen molar-refractivity contribution in [1.29, 1.82) is 5.26 Å². The maximum absolute atomic E-state index is 13.1. The molecule has 2 unspecified atom stereocenters. The van der Waals surface area contributed by atoms with Crippen LogP contribution in [0, 0.1) is 23.7 Å². The number of nitrogens with zero attached hydrogens (tertiary/aromatic N) is 6. The molecule has 10 nitrogen and oxygen atoms in total. The van der Waals surface area contributed by atoms with Crippen LogP contribution in [-0.4, -0.2) is 55.1 Å². The summed E-state index contributed by atoms with van der Waals surface area (Å²) in [5.74, 6) is 0.536. The van der Waals surface area contributed by atoms with Crippen molar-refractivity contribution in [3.8, 4) is 17.3 Å². The summed E-state index contributed by atoms with van der Waals surface area (Å²) in [6, 6.07) is 9.92. The van der Waals surface area contributed by atoms with E-state index in [4.69, 9.17) is 10.2 Å². The van der Waals surface area contributed by atoms with E-state index in [-0.39, 0.29) is 23.9 Å². The Balaban J connectivity index is 1.13. The van der Waals surface area contributed by atoms with E-state index in [2.05, 4.69) is 32.5 Å². The van der Waals surface area contributed by atoms with E-state index in [9.17, 15) is 9.59 Å². The number of carbonyl (C=O) groups is 2. The standard InChI is InChI=1S/C29H32N8O2/c1-18-15-32-28(35-25(18)19-3-5-20(6-4-19)26(38)31-12-11-30)34-21-16-33-36(17-21)24-13-22-7-8-23(14-24)37(22)27(39)29(2)9-10-29/h3-6,15-17,22-24H,7-10,12-14H2,1-2H3,(H,31,38)(H,32,34,35). The van der Waals surface area contributed by atoms with Crippen LogP contribution in [-0.2, 0) is 4.79 Å². The molecular weight excluding hydrogens is 492 g/mol. The molecule has 0 spiro atoms. The smallest absolute Gasteiger partial charge is 0.252 e. The fraction of sp³-hybridized carbons (Fsp3) is 0.448. The Bertz CT molecular complexity index is 1440. The number of anilines is 2. The molecule has 2 aromatic heterocycles. The van der Waals surface area contributed by atoms with Crippen LogP contribution >= 0.6 is 0 Å². The van der Waals surface area contributed by atoms with Gasteiger partial charge < -0.3 is 15.5 Å². The average molecular weight is 525 g/mol. The van der Waals surface area contributed by atoms with E-state index in [1.165, 1.54) is 0 Å². The number of benzene rings is 1. The Morgan fingerprint density at radius 1 is 1.10 bits per heavy atom. The van der Waals surface area contributed by atoms with E-state index < -0.39 is 0 Å². The summed E-state index contributed by atoms with van der Waals surface area (Å²) in [5, 5.41) is 19.1. The second kappa shape index (κ2) is 9.80. The molecule has 2 amide bonds. The molecule has 3 fully saturated rings. The maximum Gasteiger partial charge on any atom is 0.252 e. The highest BCUT2D eigenvalue weighted by Crippen LogP contribution is 2.51. The zero-order valence-electron chi connectivity index (χ0n) is 22.2. The summed E-state index contributed by atoms with van der Waals surface area (Å²) in [6.45, 7) is 4.02. The molecular formula is C29H32N8O2. The number of piperidine rings is 1. The zero-order chi connectivity index (χ0) is 27.1. The number of fused-ring (bicyclic) bond motifs is 2. The second-order valence-corrected chi connectivity index (χ2v) is 11.3. The van der Waals surface area contributed by atoms with Gasteiger partial charge in [-0.2, -0.15) is 10.4 Å². The minimum atomic E-state index is -0.288. The van der Waals surface area contributed by atoms with Crippen LogP contribution in [0.15, 0.2) is 42.9 Å². The van der Waals surface area contributed by atoms with Crippen LogP contribution in [0.1, 0.15) is 67.4 Å². The molecule has 1 aliphatic carbocycles. The van der Waals surface area contributed by atoms with Gasteiger partial charge in [0.25, 0.3) is 5.91 Å². The van der Waals surface area contributed by atoms with Crippen molar-refractivity contribution in [2.75, 3.05) is 11.9 Å². The van der Waals surface area contributed by atoms with Crippen molar-refractivity contribution >= 4 is 23.5 Å². The molecule has 1 aromatic carbocycles. The zero-order valence-corrected chi connectivity index (χ0v) is 22.2. The molecule has 3 aromatic rings. The number of hydrogen-bond acceptors (Lipinski definition) is 7. The van der Waals surface area contributed by atoms with Gasteiger partial charge in [-0.1, -0.05) is 19.1 Å². The molecule has 0 radical (unpaired) electrons. The predicted octanol–water partition coefficient (Wildman–Crippen LogP) is 4.14. The molecule has 4 heterocycles. The molecule has 2 saturated heterocycles. The predicted molar refractivity (Wildman–Crippen MR) is 145 cm³/mol. The molecule has 10 heteroatoms. The summed E-state index contributed by atoms with van der Waals surface area (Å²) >= 11 is 0. The Morgan fingerprint density at radius 2 is 1.82 bits per heavy atom. The van der Waals surface area contributed by atoms with Crippen molar-refractivity contribution in [2.24, 2.45) is 5.41 Å². The van der Waals surface area contributed by atoms with E-state index in [1.54, 1.807) is 24.5 Å². The highest BCUT2D eigenvalue weighted by molar-refractivity contribution is 5.94. The lowest BCUT2D eigenvalue weighted by atomic mass is 9.95. The Morgan fingerprint density at radius 3 is 2.49 bits per heavy atom. The highest BCUT2D eigenvalue weighted by atomic mass is 16.2. The number of aromatic nitrogens is 4. The molecule has 1 saturated carbocycles. The van der Waals surface area contributed by atoms with Crippen molar-refractivity contribution < 1.29 is 9.59 Å². The van der Waals surface area contributed by atoms with Gasteiger partial charge in [0.15, 0.2) is 0 Å². The Kier molecular flexibility index (Phi) is 6.29. The van der Waals surface area contributed by atoms with Gasteiger partial charge in [-0.15, -0.1) is 0 Å². The van der Waals surface area contributed by atoms with E-state index in [0.717, 1.165) is 61.0 Å². The molecule has 2 aliphatic heterocycles. The van der Waals surface area contributed by atoms with E-state index >= 15 is 0 Å². The van der Waals surface area contributed by atoms with Gasteiger partial charge in [-0.05, 0) is 63.1 Å². The van der Waals surface area contributed by atoms with Gasteiger partial charge in [0.05, 0.1) is 29.7 Å². The third-order valence-electron chi connectivity index (χ3n) is 8.41. The van der Waals surface area contributed by atoms with E-state index in [0.29, 0.717) is 29.5 Å². The molecule has 3 aliphatic rings. The van der Waals surface area contributed by atoms with Crippen molar-refractivity contribution in [3.63, 3.8) is 0 Å². The first kappa shape index (κ1) is 25.0. The summed E-state index contributed by atoms with van der Waals surface area (Å²) in [5.41, 5.74) is 3.72. The second-order valence-electron chi connectivity index (χ2n) is 11.3. The van der Waals surface area contributed by atoms with Crippen LogP contribution in [0.4, 0.5) is 11.6 Å². The van der Waals surface area contributed by atoms with Gasteiger partial charge in [-0.3, -0.25) is 14.3 Å². The first-order chi connectivity index (χ1) is 18.8. The maximum atomic E-state index is 13.1. The first-order valence-electron chi connectivity index (χ1n) is 13.6. The number of nitriles is 1. The number of carbonyl (C=O) groups excluding carboxylic acids is 2. The van der Waals surface area contributed by atoms with Crippen molar-refractivity contribution in [1.82, 2.24) is 30.0 Å². The molecule has 2 bridgehead atoms. The molecule has 2 N–H and O–H groups in total. The van der Waals surface area contributed by atoms with Gasteiger partial charge in [0.1, 0.15) is 6.54 Å². The largest absolute Gasteiger partial charge is 0.339 e. The van der Waals surface area contributed by atoms with Crippen molar-refractivity contribution in [3.05, 3.63) is 54.0 Å². The molecule has 200 valence electrons. The molecule has 39 heavy (non-hydrogen) atoms. The van der Waals surface area contributed by atoms with Gasteiger partial charge in [0.2, 0.25) is 11.9 Å². The third kappa shape index (κ3) is 4.85. The summed E-state index contributed by atoms with van der Waals surface area (Å²) in [6.07, 6.45) is 11.7. The normalized spacial score (nSPS) is 22.7. The van der Waals surface area contributed by atoms with Gasteiger partial charge >= 0.3 is 0 Å². The quantitative estimate of drug-likeness (QED) is 0.445. The topological polar surface area (TPSA) is 129 Å². The van der Waals surface area contributed by atoms with Crippen LogP contribution in [0.25, 0.3) is 11.3 Å².